The van der Waals surface area contributed by atoms with Crippen LogP contribution in [-0.2, 0) is 23.9 Å². The Morgan fingerprint density at radius 3 is 1.31 bits per heavy atom. The Hall–Kier alpha value is -1.09. The molecule has 0 aliphatic heterocycles. The standard InChI is InChI=1S/C38H75N3O5.2ClH/c1-3-5-7-9-11-13-15-17-19-21-23-27-31-45-36(42)33-35(41-37(43)34(40)29-25-26-30-39)38(44)46-32-28-24-22-20-18-16-14-12-10-8-6-4-2;;/h34-35H,3-33,39-40H2,1-2H3,(H,41,43);2*1H/t34-,35-;;/m0../s1. The van der Waals surface area contributed by atoms with Crippen LogP contribution in [-0.4, -0.2) is 49.7 Å². The van der Waals surface area contributed by atoms with E-state index in [0.29, 0.717) is 19.6 Å². The molecule has 0 aliphatic rings. The predicted octanol–water partition coefficient (Wildman–Crippen LogP) is 9.65. The second-order valence-corrected chi connectivity index (χ2v) is 13.3. The van der Waals surface area contributed by atoms with Crippen molar-refractivity contribution in [2.75, 3.05) is 19.8 Å². The van der Waals surface area contributed by atoms with E-state index in [4.69, 9.17) is 20.9 Å². The number of nitrogens with two attached hydrogens (primary N) is 2. The largest absolute Gasteiger partial charge is 0.466 e. The summed E-state index contributed by atoms with van der Waals surface area (Å²) in [5, 5.41) is 2.65. The van der Waals surface area contributed by atoms with Gasteiger partial charge >= 0.3 is 11.9 Å². The maximum Gasteiger partial charge on any atom is 0.329 e. The number of esters is 2. The fraction of sp³-hybridized carbons (Fsp3) is 0.921. The van der Waals surface area contributed by atoms with Gasteiger partial charge in [-0.1, -0.05) is 162 Å². The highest BCUT2D eigenvalue weighted by atomic mass is 35.5. The van der Waals surface area contributed by atoms with Crippen molar-refractivity contribution >= 4 is 42.7 Å². The number of ether oxygens (including phenoxy) is 2. The molecule has 5 N–H and O–H groups in total. The van der Waals surface area contributed by atoms with Crippen LogP contribution in [0.4, 0.5) is 0 Å². The average Bonchev–Trinajstić information content (AvgIpc) is 3.05. The number of nitrogens with one attached hydrogen (secondary N) is 1. The molecule has 0 aliphatic carbocycles. The van der Waals surface area contributed by atoms with E-state index < -0.39 is 29.9 Å². The van der Waals surface area contributed by atoms with Gasteiger partial charge in [-0.05, 0) is 32.2 Å². The first kappa shape index (κ1) is 51.3. The molecule has 0 aromatic heterocycles. The molecule has 1 amide bonds. The van der Waals surface area contributed by atoms with E-state index in [0.717, 1.165) is 51.4 Å². The van der Waals surface area contributed by atoms with Crippen molar-refractivity contribution in [1.82, 2.24) is 5.32 Å². The monoisotopic (exact) mass is 726 g/mol. The van der Waals surface area contributed by atoms with Crippen molar-refractivity contribution in [3.8, 4) is 0 Å². The third-order valence-corrected chi connectivity index (χ3v) is 8.78. The molecule has 0 saturated carbocycles. The topological polar surface area (TPSA) is 134 Å². The number of rotatable bonds is 35. The Morgan fingerprint density at radius 2 is 0.917 bits per heavy atom. The van der Waals surface area contributed by atoms with E-state index in [1.54, 1.807) is 0 Å². The first-order chi connectivity index (χ1) is 22.5. The van der Waals surface area contributed by atoms with E-state index in [1.165, 1.54) is 116 Å². The van der Waals surface area contributed by atoms with Crippen molar-refractivity contribution in [3.63, 3.8) is 0 Å². The van der Waals surface area contributed by atoms with E-state index in [9.17, 15) is 14.4 Å². The summed E-state index contributed by atoms with van der Waals surface area (Å²) in [5.74, 6) is -1.57. The van der Waals surface area contributed by atoms with Crippen molar-refractivity contribution in [2.24, 2.45) is 11.5 Å². The molecule has 0 aromatic rings. The van der Waals surface area contributed by atoms with Crippen molar-refractivity contribution in [3.05, 3.63) is 0 Å². The van der Waals surface area contributed by atoms with Gasteiger partial charge in [-0.2, -0.15) is 0 Å². The van der Waals surface area contributed by atoms with Gasteiger partial charge < -0.3 is 26.3 Å². The summed E-state index contributed by atoms with van der Waals surface area (Å²) in [6.07, 6.45) is 31.2. The van der Waals surface area contributed by atoms with Crippen molar-refractivity contribution in [1.29, 1.82) is 0 Å². The van der Waals surface area contributed by atoms with Gasteiger partial charge in [0.2, 0.25) is 5.91 Å². The summed E-state index contributed by atoms with van der Waals surface area (Å²) >= 11 is 0. The number of carbonyl (C=O) groups is 3. The van der Waals surface area contributed by atoms with E-state index in [2.05, 4.69) is 19.2 Å². The van der Waals surface area contributed by atoms with Crippen LogP contribution in [0, 0.1) is 0 Å². The van der Waals surface area contributed by atoms with Crippen LogP contribution < -0.4 is 16.8 Å². The fourth-order valence-corrected chi connectivity index (χ4v) is 5.68. The molecule has 0 saturated heterocycles. The Bertz CT molecular complexity index is 718. The van der Waals surface area contributed by atoms with Crippen LogP contribution in [0.2, 0.25) is 0 Å². The predicted molar refractivity (Wildman–Crippen MR) is 206 cm³/mol. The fourth-order valence-electron chi connectivity index (χ4n) is 5.68. The average molecular weight is 727 g/mol. The van der Waals surface area contributed by atoms with Crippen LogP contribution in [0.1, 0.15) is 194 Å². The molecule has 2 atom stereocenters. The summed E-state index contributed by atoms with van der Waals surface area (Å²) in [5.41, 5.74) is 11.6. The van der Waals surface area contributed by atoms with Gasteiger partial charge in [-0.25, -0.2) is 4.79 Å². The van der Waals surface area contributed by atoms with Crippen LogP contribution in [0.25, 0.3) is 0 Å². The zero-order valence-corrected chi connectivity index (χ0v) is 32.7. The van der Waals surface area contributed by atoms with E-state index in [1.807, 2.05) is 0 Å². The minimum Gasteiger partial charge on any atom is -0.466 e. The molecule has 0 radical (unpaired) electrons. The lowest BCUT2D eigenvalue weighted by Gasteiger charge is -2.19. The van der Waals surface area contributed by atoms with Crippen molar-refractivity contribution in [2.45, 2.75) is 206 Å². The zero-order chi connectivity index (χ0) is 33.9. The third kappa shape index (κ3) is 34.8. The lowest BCUT2D eigenvalue weighted by Crippen LogP contribution is -2.49. The molecule has 0 spiro atoms. The number of unbranched alkanes of at least 4 members (excludes halogenated alkanes) is 23. The normalized spacial score (nSPS) is 12.0. The summed E-state index contributed by atoms with van der Waals surface area (Å²) in [7, 11) is 0. The van der Waals surface area contributed by atoms with Gasteiger partial charge in [-0.15, -0.1) is 24.8 Å². The quantitative estimate of drug-likeness (QED) is 0.0437. The molecular weight excluding hydrogens is 649 g/mol. The number of amides is 1. The minimum absolute atomic E-state index is 0. The van der Waals surface area contributed by atoms with Gasteiger partial charge in [0.25, 0.3) is 0 Å². The molecule has 0 fully saturated rings. The van der Waals surface area contributed by atoms with Gasteiger partial charge in [0.05, 0.1) is 25.7 Å². The Kier molecular flexibility index (Phi) is 43.1. The molecule has 48 heavy (non-hydrogen) atoms. The summed E-state index contributed by atoms with van der Waals surface area (Å²) in [6, 6.07) is -1.87. The van der Waals surface area contributed by atoms with Gasteiger partial charge in [-0.3, -0.25) is 9.59 Å². The Labute approximate surface area is 307 Å². The first-order valence-corrected chi connectivity index (χ1v) is 19.5. The smallest absolute Gasteiger partial charge is 0.329 e. The van der Waals surface area contributed by atoms with E-state index in [-0.39, 0.29) is 37.8 Å². The number of hydrogen-bond acceptors (Lipinski definition) is 7. The third-order valence-electron chi connectivity index (χ3n) is 8.78. The molecule has 8 nitrogen and oxygen atoms in total. The highest BCUT2D eigenvalue weighted by Crippen LogP contribution is 2.14. The zero-order valence-electron chi connectivity index (χ0n) is 31.1. The van der Waals surface area contributed by atoms with Crippen molar-refractivity contribution < 1.29 is 23.9 Å². The second kappa shape index (κ2) is 40.3. The molecule has 288 valence electrons. The number of halogens is 2. The van der Waals surface area contributed by atoms with E-state index >= 15 is 0 Å². The maximum absolute atomic E-state index is 12.9. The Morgan fingerprint density at radius 1 is 0.542 bits per heavy atom. The molecule has 0 rings (SSSR count). The molecule has 0 bridgehead atoms. The first-order valence-electron chi connectivity index (χ1n) is 19.5. The van der Waals surface area contributed by atoms with Gasteiger partial charge in [0.1, 0.15) is 6.04 Å². The van der Waals surface area contributed by atoms with Gasteiger partial charge in [0.15, 0.2) is 0 Å². The highest BCUT2D eigenvalue weighted by molar-refractivity contribution is 5.90. The molecule has 0 heterocycles. The SMILES string of the molecule is CCCCCCCCCCCCCCOC(=O)C[C@H](NC(=O)[C@@H](N)CCCCN)C(=O)OCCCCCCCCCCCCCC.Cl.Cl. The summed E-state index contributed by atoms with van der Waals surface area (Å²) in [6.45, 7) is 5.63. The number of carbonyl (C=O) groups excluding carboxylic acids is 3. The summed E-state index contributed by atoms with van der Waals surface area (Å²) in [4.78, 5) is 38.2. The van der Waals surface area contributed by atoms with Crippen LogP contribution >= 0.6 is 24.8 Å². The molecule has 10 heteroatoms. The van der Waals surface area contributed by atoms with Gasteiger partial charge in [0, 0.05) is 0 Å². The van der Waals surface area contributed by atoms with Crippen LogP contribution in [0.15, 0.2) is 0 Å². The van der Waals surface area contributed by atoms with Crippen LogP contribution in [0.3, 0.4) is 0 Å². The van der Waals surface area contributed by atoms with Crippen LogP contribution in [0.5, 0.6) is 0 Å². The Balaban J connectivity index is -0.0000101. The maximum atomic E-state index is 12.9. The lowest BCUT2D eigenvalue weighted by molar-refractivity contribution is -0.154. The molecule has 0 aromatic carbocycles. The second-order valence-electron chi connectivity index (χ2n) is 13.3. The molecule has 0 unspecified atom stereocenters. The molecular formula is C38H77Cl2N3O5. The lowest BCUT2D eigenvalue weighted by atomic mass is 10.1. The number of hydrogen-bond donors (Lipinski definition) is 3. The summed E-state index contributed by atoms with van der Waals surface area (Å²) < 4.78 is 10.9. The highest BCUT2D eigenvalue weighted by Gasteiger charge is 2.28. The minimum atomic E-state index is -1.10.